The van der Waals surface area contributed by atoms with E-state index >= 15 is 0 Å². The van der Waals surface area contributed by atoms with Crippen molar-refractivity contribution in [2.24, 2.45) is 0 Å². The van der Waals surface area contributed by atoms with Crippen molar-refractivity contribution in [1.82, 2.24) is 9.97 Å². The minimum absolute atomic E-state index is 0.150. The highest BCUT2D eigenvalue weighted by molar-refractivity contribution is 6.04. The monoisotopic (exact) mass is 311 g/mol. The molecular weight excluding hydrogens is 299 g/mol. The van der Waals surface area contributed by atoms with Crippen LogP contribution in [0.25, 0.3) is 0 Å². The lowest BCUT2D eigenvalue weighted by Gasteiger charge is -2.09. The number of halogens is 3. The molecule has 8 heteroatoms. The molecule has 2 rings (SSSR count). The van der Waals surface area contributed by atoms with Crippen molar-refractivity contribution in [2.45, 2.75) is 20.0 Å². The average molecular weight is 311 g/mol. The lowest BCUT2D eigenvalue weighted by atomic mass is 10.2. The Hall–Kier alpha value is -2.64. The predicted molar refractivity (Wildman–Crippen MR) is 73.7 cm³/mol. The van der Waals surface area contributed by atoms with Crippen molar-refractivity contribution in [3.05, 3.63) is 57.3 Å². The summed E-state index contributed by atoms with van der Waals surface area (Å²) in [6.45, 7) is 3.08. The Morgan fingerprint density at radius 2 is 1.77 bits per heavy atom. The van der Waals surface area contributed by atoms with Crippen molar-refractivity contribution in [1.29, 1.82) is 0 Å². The number of aryl methyl sites for hydroxylation is 2. The lowest BCUT2D eigenvalue weighted by Crippen LogP contribution is -2.26. The number of carbonyl (C=O) groups is 1. The van der Waals surface area contributed by atoms with E-state index in [1.165, 1.54) is 6.92 Å². The Kier molecular flexibility index (Phi) is 4.03. The second-order valence-corrected chi connectivity index (χ2v) is 4.64. The van der Waals surface area contributed by atoms with Crippen LogP contribution in [0.3, 0.4) is 0 Å². The van der Waals surface area contributed by atoms with Gasteiger partial charge in [0.1, 0.15) is 11.4 Å². The van der Waals surface area contributed by atoms with Crippen molar-refractivity contribution >= 4 is 11.6 Å². The number of aromatic amines is 1. The van der Waals surface area contributed by atoms with Crippen LogP contribution < -0.4 is 10.9 Å². The van der Waals surface area contributed by atoms with Crippen LogP contribution in [-0.2, 0) is 6.18 Å². The summed E-state index contributed by atoms with van der Waals surface area (Å²) in [4.78, 5) is 30.2. The molecule has 2 aromatic rings. The van der Waals surface area contributed by atoms with Crippen LogP contribution in [0.4, 0.5) is 18.9 Å². The van der Waals surface area contributed by atoms with Gasteiger partial charge >= 0.3 is 6.18 Å². The topological polar surface area (TPSA) is 74.8 Å². The first kappa shape index (κ1) is 15.7. The first-order valence-corrected chi connectivity index (χ1v) is 6.24. The third kappa shape index (κ3) is 3.33. The molecule has 0 radical (unpaired) electrons. The molecule has 1 amide bonds. The van der Waals surface area contributed by atoms with Gasteiger partial charge in [-0.05, 0) is 38.1 Å². The Morgan fingerprint density at radius 3 is 2.27 bits per heavy atom. The molecule has 0 aliphatic carbocycles. The first-order valence-electron chi connectivity index (χ1n) is 6.24. The maximum absolute atomic E-state index is 12.4. The van der Waals surface area contributed by atoms with E-state index in [2.05, 4.69) is 15.3 Å². The fourth-order valence-corrected chi connectivity index (χ4v) is 1.93. The van der Waals surface area contributed by atoms with Crippen LogP contribution in [0, 0.1) is 13.8 Å². The van der Waals surface area contributed by atoms with Crippen molar-refractivity contribution in [3.8, 4) is 0 Å². The van der Waals surface area contributed by atoms with Crippen LogP contribution in [0.2, 0.25) is 0 Å². The molecule has 22 heavy (non-hydrogen) atoms. The van der Waals surface area contributed by atoms with Gasteiger partial charge in [0.15, 0.2) is 0 Å². The van der Waals surface area contributed by atoms with Gasteiger partial charge in [0.05, 0.1) is 11.3 Å². The van der Waals surface area contributed by atoms with Crippen LogP contribution >= 0.6 is 0 Å². The molecule has 1 aromatic carbocycles. The van der Waals surface area contributed by atoms with E-state index in [-0.39, 0.29) is 16.9 Å². The molecule has 0 saturated carbocycles. The number of H-pyrrole nitrogens is 1. The first-order chi connectivity index (χ1) is 10.2. The number of hydrogen-bond donors (Lipinski definition) is 2. The van der Waals surface area contributed by atoms with Gasteiger partial charge in [-0.1, -0.05) is 0 Å². The molecule has 1 aromatic heterocycles. The fraction of sp³-hybridized carbons (Fsp3) is 0.214. The van der Waals surface area contributed by atoms with Gasteiger partial charge in [0.25, 0.3) is 11.5 Å². The molecular formula is C14H12F3N3O2. The van der Waals surface area contributed by atoms with E-state index < -0.39 is 23.2 Å². The van der Waals surface area contributed by atoms with Gasteiger partial charge < -0.3 is 10.3 Å². The summed E-state index contributed by atoms with van der Waals surface area (Å²) in [5.74, 6) is -0.361. The zero-order chi connectivity index (χ0) is 16.5. The Morgan fingerprint density at radius 1 is 1.18 bits per heavy atom. The van der Waals surface area contributed by atoms with Crippen LogP contribution in [0.5, 0.6) is 0 Å². The highest BCUT2D eigenvalue weighted by Crippen LogP contribution is 2.29. The average Bonchev–Trinajstić information content (AvgIpc) is 2.36. The molecule has 0 fully saturated rings. The molecule has 0 spiro atoms. The third-order valence-electron chi connectivity index (χ3n) is 2.92. The molecule has 2 N–H and O–H groups in total. The summed E-state index contributed by atoms with van der Waals surface area (Å²) in [5.41, 5.74) is -1.21. The number of nitrogens with zero attached hydrogens (tertiary/aromatic N) is 1. The quantitative estimate of drug-likeness (QED) is 0.895. The van der Waals surface area contributed by atoms with E-state index in [0.29, 0.717) is 5.82 Å². The van der Waals surface area contributed by atoms with Crippen LogP contribution in [0.1, 0.15) is 27.4 Å². The second kappa shape index (κ2) is 5.63. The number of amides is 1. The Balaban J connectivity index is 2.25. The number of benzene rings is 1. The zero-order valence-corrected chi connectivity index (χ0v) is 11.7. The fourth-order valence-electron chi connectivity index (χ4n) is 1.93. The number of alkyl halides is 3. The van der Waals surface area contributed by atoms with E-state index in [4.69, 9.17) is 0 Å². The molecule has 5 nitrogen and oxygen atoms in total. The van der Waals surface area contributed by atoms with Gasteiger partial charge in [-0.15, -0.1) is 0 Å². The van der Waals surface area contributed by atoms with Crippen LogP contribution in [-0.4, -0.2) is 15.9 Å². The number of anilines is 1. The summed E-state index contributed by atoms with van der Waals surface area (Å²) in [6.07, 6.45) is -4.45. The summed E-state index contributed by atoms with van der Waals surface area (Å²) in [5, 5.41) is 2.37. The molecule has 116 valence electrons. The lowest BCUT2D eigenvalue weighted by molar-refractivity contribution is -0.137. The Labute approximate surface area is 123 Å². The van der Waals surface area contributed by atoms with Crippen molar-refractivity contribution < 1.29 is 18.0 Å². The zero-order valence-electron chi connectivity index (χ0n) is 11.7. The molecule has 0 unspecified atom stereocenters. The van der Waals surface area contributed by atoms with Gasteiger partial charge in [-0.2, -0.15) is 13.2 Å². The molecule has 0 aliphatic rings. The summed E-state index contributed by atoms with van der Waals surface area (Å²) >= 11 is 0. The molecule has 0 bridgehead atoms. The van der Waals surface area contributed by atoms with Gasteiger partial charge in [0, 0.05) is 5.69 Å². The third-order valence-corrected chi connectivity index (χ3v) is 2.92. The van der Waals surface area contributed by atoms with Crippen molar-refractivity contribution in [3.63, 3.8) is 0 Å². The number of aromatic nitrogens is 2. The number of nitrogens with one attached hydrogen (secondary N) is 2. The van der Waals surface area contributed by atoms with Gasteiger partial charge in [0.2, 0.25) is 0 Å². The Bertz CT molecular complexity index is 764. The molecule has 0 atom stereocenters. The minimum Gasteiger partial charge on any atom is -0.322 e. The largest absolute Gasteiger partial charge is 0.416 e. The van der Waals surface area contributed by atoms with E-state index in [9.17, 15) is 22.8 Å². The minimum atomic E-state index is -4.45. The van der Waals surface area contributed by atoms with Crippen molar-refractivity contribution in [2.75, 3.05) is 5.32 Å². The number of rotatable bonds is 2. The molecule has 0 saturated heterocycles. The normalized spacial score (nSPS) is 11.3. The summed E-state index contributed by atoms with van der Waals surface area (Å²) in [6, 6.07) is 3.93. The number of hydrogen-bond acceptors (Lipinski definition) is 3. The SMILES string of the molecule is Cc1nc(C)c(C(=O)Nc2ccc(C(F)(F)F)cc2)c(=O)[nH]1. The predicted octanol–water partition coefficient (Wildman–Crippen LogP) is 2.66. The van der Waals surface area contributed by atoms with Crippen LogP contribution in [0.15, 0.2) is 29.1 Å². The maximum atomic E-state index is 12.4. The summed E-state index contributed by atoms with van der Waals surface area (Å²) < 4.78 is 37.3. The molecule has 1 heterocycles. The summed E-state index contributed by atoms with van der Waals surface area (Å²) in [7, 11) is 0. The standard InChI is InChI=1S/C14H12F3N3O2/c1-7-11(12(21)19-8(2)18-7)13(22)20-10-5-3-9(4-6-10)14(15,16)17/h3-6H,1-2H3,(H,20,22)(H,18,19,21). The number of carbonyl (C=O) groups excluding carboxylic acids is 1. The van der Waals surface area contributed by atoms with Gasteiger partial charge in [-0.3, -0.25) is 9.59 Å². The second-order valence-electron chi connectivity index (χ2n) is 4.64. The maximum Gasteiger partial charge on any atom is 0.416 e. The van der Waals surface area contributed by atoms with E-state index in [1.807, 2.05) is 0 Å². The smallest absolute Gasteiger partial charge is 0.322 e. The highest BCUT2D eigenvalue weighted by atomic mass is 19.4. The van der Waals surface area contributed by atoms with E-state index in [0.717, 1.165) is 24.3 Å². The molecule has 0 aliphatic heterocycles. The highest BCUT2D eigenvalue weighted by Gasteiger charge is 2.30. The van der Waals surface area contributed by atoms with E-state index in [1.54, 1.807) is 6.92 Å². The van der Waals surface area contributed by atoms with Gasteiger partial charge in [-0.25, -0.2) is 4.98 Å².